The summed E-state index contributed by atoms with van der Waals surface area (Å²) in [7, 11) is -0.612. The Morgan fingerprint density at radius 2 is 1.46 bits per heavy atom. The van der Waals surface area contributed by atoms with Gasteiger partial charge in [-0.3, -0.25) is 4.79 Å². The van der Waals surface area contributed by atoms with Crippen LogP contribution in [0.15, 0.2) is 57.9 Å². The Morgan fingerprint density at radius 3 is 2.04 bits per heavy atom. The van der Waals surface area contributed by atoms with E-state index in [-0.39, 0.29) is 23.8 Å². The Balaban J connectivity index is 1.78. The summed E-state index contributed by atoms with van der Waals surface area (Å²) in [5.41, 5.74) is 1.11. The first-order valence-electron chi connectivity index (χ1n) is 8.31. The highest BCUT2D eigenvalue weighted by Crippen LogP contribution is 2.17. The van der Waals surface area contributed by atoms with Gasteiger partial charge in [0.05, 0.1) is 4.90 Å². The van der Waals surface area contributed by atoms with Gasteiger partial charge in [-0.05, 0) is 48.5 Å². The Bertz CT molecular complexity index is 929. The number of anilines is 2. The number of hydrogen-bond donors (Lipinski definition) is 3. The molecular formula is C18H21BrN4O4S. The summed E-state index contributed by atoms with van der Waals surface area (Å²) >= 11 is 3.31. The lowest BCUT2D eigenvalue weighted by atomic mass is 10.3. The van der Waals surface area contributed by atoms with E-state index in [1.54, 1.807) is 24.3 Å². The summed E-state index contributed by atoms with van der Waals surface area (Å²) in [6.07, 6.45) is 0.0749. The standard InChI is InChI=1S/C18H21BrN4O4S/c1-23(2)28(26,27)16-9-7-14(8-10-16)21-17(24)11-12-20-18(25)22-15-5-3-13(19)4-6-15/h3-10H,11-12H2,1-2H3,(H,21,24)(H2,20,22,25). The van der Waals surface area contributed by atoms with Crippen LogP contribution in [0.5, 0.6) is 0 Å². The largest absolute Gasteiger partial charge is 0.337 e. The molecule has 0 aliphatic heterocycles. The second-order valence-corrected chi connectivity index (χ2v) is 9.07. The van der Waals surface area contributed by atoms with E-state index in [9.17, 15) is 18.0 Å². The molecule has 2 aromatic rings. The van der Waals surface area contributed by atoms with E-state index < -0.39 is 16.1 Å². The molecule has 8 nitrogen and oxygen atoms in total. The zero-order valence-corrected chi connectivity index (χ0v) is 17.8. The molecule has 0 radical (unpaired) electrons. The van der Waals surface area contributed by atoms with Crippen molar-refractivity contribution in [2.45, 2.75) is 11.3 Å². The van der Waals surface area contributed by atoms with Crippen molar-refractivity contribution >= 4 is 49.3 Å². The molecule has 3 N–H and O–H groups in total. The molecule has 10 heteroatoms. The number of rotatable bonds is 7. The van der Waals surface area contributed by atoms with Crippen LogP contribution in [0, 0.1) is 0 Å². The number of benzene rings is 2. The Morgan fingerprint density at radius 1 is 0.929 bits per heavy atom. The van der Waals surface area contributed by atoms with Crippen LogP contribution < -0.4 is 16.0 Å². The number of nitrogens with one attached hydrogen (secondary N) is 3. The number of hydrogen-bond acceptors (Lipinski definition) is 4. The van der Waals surface area contributed by atoms with Crippen molar-refractivity contribution in [3.05, 3.63) is 53.0 Å². The first-order chi connectivity index (χ1) is 13.2. The van der Waals surface area contributed by atoms with E-state index in [1.807, 2.05) is 0 Å². The van der Waals surface area contributed by atoms with Crippen LogP contribution in [-0.2, 0) is 14.8 Å². The topological polar surface area (TPSA) is 108 Å². The third-order valence-electron chi connectivity index (χ3n) is 3.66. The van der Waals surface area contributed by atoms with Crippen molar-refractivity contribution in [1.82, 2.24) is 9.62 Å². The van der Waals surface area contributed by atoms with Gasteiger partial charge in [-0.2, -0.15) is 0 Å². The Labute approximate surface area is 172 Å². The molecule has 0 aromatic heterocycles. The van der Waals surface area contributed by atoms with Gasteiger partial charge in [0.25, 0.3) is 0 Å². The number of sulfonamides is 1. The molecule has 150 valence electrons. The molecule has 0 aliphatic carbocycles. The fourth-order valence-corrected chi connectivity index (χ4v) is 3.31. The van der Waals surface area contributed by atoms with E-state index in [4.69, 9.17) is 0 Å². The van der Waals surface area contributed by atoms with Crippen molar-refractivity contribution in [3.63, 3.8) is 0 Å². The minimum atomic E-state index is -3.51. The summed E-state index contributed by atoms with van der Waals surface area (Å²) in [6, 6.07) is 12.6. The number of halogens is 1. The first kappa shape index (κ1) is 21.9. The van der Waals surface area contributed by atoms with Gasteiger partial charge in [0.1, 0.15) is 0 Å². The van der Waals surface area contributed by atoms with E-state index in [1.165, 1.54) is 38.4 Å². The first-order valence-corrected chi connectivity index (χ1v) is 10.5. The average Bonchev–Trinajstić information content (AvgIpc) is 2.64. The maximum absolute atomic E-state index is 12.0. The third-order valence-corrected chi connectivity index (χ3v) is 6.01. The molecule has 2 rings (SSSR count). The van der Waals surface area contributed by atoms with Gasteiger partial charge in [0.2, 0.25) is 15.9 Å². The predicted molar refractivity (Wildman–Crippen MR) is 112 cm³/mol. The van der Waals surface area contributed by atoms with Crippen LogP contribution in [-0.4, -0.2) is 45.3 Å². The second kappa shape index (κ2) is 9.67. The molecule has 0 bridgehead atoms. The molecule has 0 aliphatic rings. The maximum atomic E-state index is 12.0. The highest BCUT2D eigenvalue weighted by atomic mass is 79.9. The lowest BCUT2D eigenvalue weighted by Gasteiger charge is -2.12. The third kappa shape index (κ3) is 6.32. The van der Waals surface area contributed by atoms with Crippen LogP contribution in [0.3, 0.4) is 0 Å². The molecule has 0 spiro atoms. The summed E-state index contributed by atoms with van der Waals surface area (Å²) in [4.78, 5) is 23.9. The fourth-order valence-electron chi connectivity index (χ4n) is 2.14. The van der Waals surface area contributed by atoms with Crippen molar-refractivity contribution < 1.29 is 18.0 Å². The molecule has 0 saturated heterocycles. The SMILES string of the molecule is CN(C)S(=O)(=O)c1ccc(NC(=O)CCNC(=O)Nc2ccc(Br)cc2)cc1. The lowest BCUT2D eigenvalue weighted by Crippen LogP contribution is -2.31. The van der Waals surface area contributed by atoms with E-state index in [2.05, 4.69) is 31.9 Å². The molecule has 3 amide bonds. The zero-order valence-electron chi connectivity index (χ0n) is 15.4. The minimum absolute atomic E-state index is 0.0749. The van der Waals surface area contributed by atoms with E-state index in [0.29, 0.717) is 11.4 Å². The number of carbonyl (C=O) groups is 2. The molecule has 0 fully saturated rings. The molecule has 28 heavy (non-hydrogen) atoms. The van der Waals surface area contributed by atoms with Crippen molar-refractivity contribution in [2.24, 2.45) is 0 Å². The molecule has 0 atom stereocenters. The van der Waals surface area contributed by atoms with Gasteiger partial charge in [0.15, 0.2) is 0 Å². The number of carbonyl (C=O) groups excluding carboxylic acids is 2. The van der Waals surface area contributed by atoms with E-state index in [0.717, 1.165) is 8.78 Å². The molecule has 0 heterocycles. The minimum Gasteiger partial charge on any atom is -0.337 e. The van der Waals surface area contributed by atoms with Gasteiger partial charge >= 0.3 is 6.03 Å². The van der Waals surface area contributed by atoms with E-state index >= 15 is 0 Å². The fraction of sp³-hybridized carbons (Fsp3) is 0.222. The van der Waals surface area contributed by atoms with Gasteiger partial charge in [-0.15, -0.1) is 0 Å². The smallest absolute Gasteiger partial charge is 0.319 e. The molecular weight excluding hydrogens is 448 g/mol. The van der Waals surface area contributed by atoms with Gasteiger partial charge < -0.3 is 16.0 Å². The number of amides is 3. The Hall–Kier alpha value is -2.43. The Kier molecular flexibility index (Phi) is 7.55. The molecule has 0 unspecified atom stereocenters. The molecule has 0 saturated carbocycles. The van der Waals surface area contributed by atoms with Crippen LogP contribution in [0.1, 0.15) is 6.42 Å². The van der Waals surface area contributed by atoms with Gasteiger partial charge in [0, 0.05) is 42.9 Å². The van der Waals surface area contributed by atoms with Crippen LogP contribution >= 0.6 is 15.9 Å². The second-order valence-electron chi connectivity index (χ2n) is 6.00. The molecule has 2 aromatic carbocycles. The van der Waals surface area contributed by atoms with Crippen LogP contribution in [0.25, 0.3) is 0 Å². The maximum Gasteiger partial charge on any atom is 0.319 e. The van der Waals surface area contributed by atoms with Gasteiger partial charge in [-0.25, -0.2) is 17.5 Å². The lowest BCUT2D eigenvalue weighted by molar-refractivity contribution is -0.116. The average molecular weight is 469 g/mol. The highest BCUT2D eigenvalue weighted by molar-refractivity contribution is 9.10. The summed E-state index contributed by atoms with van der Waals surface area (Å²) in [5, 5.41) is 7.91. The van der Waals surface area contributed by atoms with Crippen molar-refractivity contribution in [2.75, 3.05) is 31.3 Å². The predicted octanol–water partition coefficient (Wildman–Crippen LogP) is 2.85. The van der Waals surface area contributed by atoms with Crippen LogP contribution in [0.4, 0.5) is 16.2 Å². The monoisotopic (exact) mass is 468 g/mol. The summed E-state index contributed by atoms with van der Waals surface area (Å²) in [5.74, 6) is -0.299. The van der Waals surface area contributed by atoms with Crippen molar-refractivity contribution in [3.8, 4) is 0 Å². The van der Waals surface area contributed by atoms with Gasteiger partial charge in [-0.1, -0.05) is 15.9 Å². The number of nitrogens with zero attached hydrogens (tertiary/aromatic N) is 1. The highest BCUT2D eigenvalue weighted by Gasteiger charge is 2.16. The quantitative estimate of drug-likeness (QED) is 0.580. The summed E-state index contributed by atoms with van der Waals surface area (Å²) < 4.78 is 26.0. The number of urea groups is 1. The zero-order chi connectivity index (χ0) is 20.7. The summed E-state index contributed by atoms with van der Waals surface area (Å²) in [6.45, 7) is 0.154. The normalized spacial score (nSPS) is 11.1. The van der Waals surface area contributed by atoms with Crippen molar-refractivity contribution in [1.29, 1.82) is 0 Å². The van der Waals surface area contributed by atoms with Crippen LogP contribution in [0.2, 0.25) is 0 Å².